The lowest BCUT2D eigenvalue weighted by Crippen LogP contribution is -2.29. The number of hydrogen-bond donors (Lipinski definition) is 1. The number of carbonyl (C=O) groups is 1. The highest BCUT2D eigenvalue weighted by Gasteiger charge is 2.23. The van der Waals surface area contributed by atoms with Gasteiger partial charge in [0.15, 0.2) is 0 Å². The standard InChI is InChI=1S/C20H20N2O2.ClH/c1-13(19-12-15-5-3-4-6-18(15)24-19)22(2)20(23)16-7-8-17-14(11-16)9-10-21-17;/h3-8,11-13,21H,9-10H2,1-2H3;1H. The summed E-state index contributed by atoms with van der Waals surface area (Å²) in [4.78, 5) is 14.6. The number of amides is 1. The average molecular weight is 357 g/mol. The molecule has 0 radical (unpaired) electrons. The molecule has 130 valence electrons. The molecule has 1 atom stereocenters. The summed E-state index contributed by atoms with van der Waals surface area (Å²) in [5, 5.41) is 4.38. The SMILES string of the molecule is CC(c1cc2ccccc2o1)N(C)C(=O)c1ccc2c(c1)CCN2.Cl. The van der Waals surface area contributed by atoms with Crippen LogP contribution in [0.25, 0.3) is 11.0 Å². The third-order valence-electron chi connectivity index (χ3n) is 4.82. The number of furan rings is 1. The Labute approximate surface area is 153 Å². The number of benzene rings is 2. The van der Waals surface area contributed by atoms with E-state index in [-0.39, 0.29) is 24.4 Å². The van der Waals surface area contributed by atoms with Gasteiger partial charge in [0.1, 0.15) is 11.3 Å². The topological polar surface area (TPSA) is 45.5 Å². The van der Waals surface area contributed by atoms with E-state index in [4.69, 9.17) is 4.42 Å². The van der Waals surface area contributed by atoms with Crippen molar-refractivity contribution in [2.75, 3.05) is 18.9 Å². The second-order valence-electron chi connectivity index (χ2n) is 6.33. The summed E-state index contributed by atoms with van der Waals surface area (Å²) in [7, 11) is 1.83. The minimum atomic E-state index is -0.128. The first-order valence-electron chi connectivity index (χ1n) is 8.26. The van der Waals surface area contributed by atoms with E-state index in [1.165, 1.54) is 5.56 Å². The zero-order chi connectivity index (χ0) is 16.7. The highest BCUT2D eigenvalue weighted by atomic mass is 35.5. The van der Waals surface area contributed by atoms with Crippen molar-refractivity contribution in [2.45, 2.75) is 19.4 Å². The smallest absolute Gasteiger partial charge is 0.254 e. The van der Waals surface area contributed by atoms with E-state index in [2.05, 4.69) is 5.32 Å². The molecule has 3 aromatic rings. The van der Waals surface area contributed by atoms with E-state index in [1.807, 2.05) is 62.5 Å². The van der Waals surface area contributed by atoms with Crippen LogP contribution in [0.15, 0.2) is 52.9 Å². The summed E-state index contributed by atoms with van der Waals surface area (Å²) in [5.74, 6) is 0.813. The summed E-state index contributed by atoms with van der Waals surface area (Å²) in [6.45, 7) is 2.93. The quantitative estimate of drug-likeness (QED) is 0.742. The van der Waals surface area contributed by atoms with Crippen molar-refractivity contribution >= 4 is 35.0 Å². The molecule has 1 amide bonds. The van der Waals surface area contributed by atoms with Crippen LogP contribution in [-0.4, -0.2) is 24.4 Å². The van der Waals surface area contributed by atoms with Gasteiger partial charge in [-0.1, -0.05) is 18.2 Å². The minimum Gasteiger partial charge on any atom is -0.459 e. The van der Waals surface area contributed by atoms with Gasteiger partial charge in [-0.25, -0.2) is 0 Å². The number of carbonyl (C=O) groups excluding carboxylic acids is 1. The molecule has 1 unspecified atom stereocenters. The van der Waals surface area contributed by atoms with Crippen LogP contribution in [0.4, 0.5) is 5.69 Å². The lowest BCUT2D eigenvalue weighted by Gasteiger charge is -2.23. The molecule has 4 nitrogen and oxygen atoms in total. The molecule has 0 bridgehead atoms. The predicted molar refractivity (Wildman–Crippen MR) is 103 cm³/mol. The fraction of sp³-hybridized carbons (Fsp3) is 0.250. The number of anilines is 1. The predicted octanol–water partition coefficient (Wildman–Crippen LogP) is 4.66. The maximum atomic E-state index is 12.8. The Hall–Kier alpha value is -2.46. The van der Waals surface area contributed by atoms with Gasteiger partial charge in [-0.15, -0.1) is 12.4 Å². The number of nitrogens with one attached hydrogen (secondary N) is 1. The molecular weight excluding hydrogens is 336 g/mol. The van der Waals surface area contributed by atoms with Crippen molar-refractivity contribution < 1.29 is 9.21 Å². The van der Waals surface area contributed by atoms with Crippen molar-refractivity contribution in [1.82, 2.24) is 4.90 Å². The van der Waals surface area contributed by atoms with Crippen molar-refractivity contribution in [3.05, 3.63) is 65.4 Å². The maximum Gasteiger partial charge on any atom is 0.254 e. The first-order valence-corrected chi connectivity index (χ1v) is 8.26. The second-order valence-corrected chi connectivity index (χ2v) is 6.33. The number of para-hydroxylation sites is 1. The summed E-state index contributed by atoms with van der Waals surface area (Å²) in [6, 6.07) is 15.7. The molecule has 25 heavy (non-hydrogen) atoms. The lowest BCUT2D eigenvalue weighted by atomic mass is 10.1. The molecule has 1 aliphatic rings. The molecule has 2 aromatic carbocycles. The van der Waals surface area contributed by atoms with Gasteiger partial charge in [0.25, 0.3) is 5.91 Å². The second kappa shape index (κ2) is 6.81. The molecule has 2 heterocycles. The molecular formula is C20H21ClN2O2. The van der Waals surface area contributed by atoms with Crippen molar-refractivity contribution in [3.8, 4) is 0 Å². The minimum absolute atomic E-state index is 0. The summed E-state index contributed by atoms with van der Waals surface area (Å²) in [5.41, 5.74) is 3.93. The molecule has 0 aliphatic carbocycles. The van der Waals surface area contributed by atoms with Gasteiger partial charge in [0.2, 0.25) is 0 Å². The highest BCUT2D eigenvalue weighted by molar-refractivity contribution is 5.95. The van der Waals surface area contributed by atoms with Crippen molar-refractivity contribution in [1.29, 1.82) is 0 Å². The lowest BCUT2D eigenvalue weighted by molar-refractivity contribution is 0.0727. The van der Waals surface area contributed by atoms with Gasteiger partial charge >= 0.3 is 0 Å². The molecule has 1 aliphatic heterocycles. The van der Waals surface area contributed by atoms with Gasteiger partial charge in [-0.05, 0) is 49.2 Å². The van der Waals surface area contributed by atoms with E-state index in [9.17, 15) is 4.79 Å². The van der Waals surface area contributed by atoms with Crippen molar-refractivity contribution in [2.24, 2.45) is 0 Å². The first kappa shape index (κ1) is 17.4. The van der Waals surface area contributed by atoms with Crippen LogP contribution in [0.5, 0.6) is 0 Å². The van der Waals surface area contributed by atoms with E-state index in [0.29, 0.717) is 0 Å². The number of fused-ring (bicyclic) bond motifs is 2. The van der Waals surface area contributed by atoms with E-state index >= 15 is 0 Å². The number of hydrogen-bond acceptors (Lipinski definition) is 3. The fourth-order valence-corrected chi connectivity index (χ4v) is 3.22. The van der Waals surface area contributed by atoms with Crippen LogP contribution in [-0.2, 0) is 6.42 Å². The summed E-state index contributed by atoms with van der Waals surface area (Å²) < 4.78 is 5.91. The molecule has 1 aromatic heterocycles. The molecule has 0 saturated heterocycles. The third-order valence-corrected chi connectivity index (χ3v) is 4.82. The van der Waals surface area contributed by atoms with Gasteiger partial charge < -0.3 is 14.6 Å². The highest BCUT2D eigenvalue weighted by Crippen LogP contribution is 2.29. The summed E-state index contributed by atoms with van der Waals surface area (Å²) >= 11 is 0. The van der Waals surface area contributed by atoms with Crippen molar-refractivity contribution in [3.63, 3.8) is 0 Å². The first-order chi connectivity index (χ1) is 11.6. The van der Waals surface area contributed by atoms with E-state index < -0.39 is 0 Å². The Morgan fingerprint density at radius 2 is 2.00 bits per heavy atom. The molecule has 0 fully saturated rings. The normalized spacial score (nSPS) is 13.7. The third kappa shape index (κ3) is 3.10. The number of nitrogens with zero attached hydrogens (tertiary/aromatic N) is 1. The molecule has 4 rings (SSSR count). The van der Waals surface area contributed by atoms with Crippen LogP contribution in [0.1, 0.15) is 34.6 Å². The van der Waals surface area contributed by atoms with Crippen LogP contribution in [0.3, 0.4) is 0 Å². The van der Waals surface area contributed by atoms with Crippen LogP contribution < -0.4 is 5.32 Å². The van der Waals surface area contributed by atoms with Gasteiger partial charge in [0, 0.05) is 30.2 Å². The van der Waals surface area contributed by atoms with Gasteiger partial charge in [0.05, 0.1) is 6.04 Å². The maximum absolute atomic E-state index is 12.8. The Balaban J connectivity index is 0.00000182. The van der Waals surface area contributed by atoms with E-state index in [0.717, 1.165) is 40.9 Å². The van der Waals surface area contributed by atoms with Crippen LogP contribution in [0, 0.1) is 0 Å². The number of rotatable bonds is 3. The fourth-order valence-electron chi connectivity index (χ4n) is 3.22. The summed E-state index contributed by atoms with van der Waals surface area (Å²) in [6.07, 6.45) is 0.972. The largest absolute Gasteiger partial charge is 0.459 e. The monoisotopic (exact) mass is 356 g/mol. The average Bonchev–Trinajstić information content (AvgIpc) is 3.25. The molecule has 1 N–H and O–H groups in total. The van der Waals surface area contributed by atoms with Crippen LogP contribution >= 0.6 is 12.4 Å². The molecule has 5 heteroatoms. The Kier molecular flexibility index (Phi) is 4.73. The molecule has 0 spiro atoms. The van der Waals surface area contributed by atoms with E-state index in [1.54, 1.807) is 4.90 Å². The van der Waals surface area contributed by atoms with Gasteiger partial charge in [-0.2, -0.15) is 0 Å². The zero-order valence-electron chi connectivity index (χ0n) is 14.3. The zero-order valence-corrected chi connectivity index (χ0v) is 15.1. The van der Waals surface area contributed by atoms with Crippen LogP contribution in [0.2, 0.25) is 0 Å². The Morgan fingerprint density at radius 1 is 1.20 bits per heavy atom. The molecule has 0 saturated carbocycles. The number of halogens is 1. The van der Waals surface area contributed by atoms with Gasteiger partial charge in [-0.3, -0.25) is 4.79 Å². The Bertz CT molecular complexity index is 886. The Morgan fingerprint density at radius 3 is 2.80 bits per heavy atom.